The van der Waals surface area contributed by atoms with Gasteiger partial charge >= 0.3 is 0 Å². The van der Waals surface area contributed by atoms with Crippen LogP contribution in [0.5, 0.6) is 0 Å². The molecule has 0 spiro atoms. The number of amides is 2. The lowest BCUT2D eigenvalue weighted by Gasteiger charge is -2.23. The molecular formula is C19H22FN3O3. The lowest BCUT2D eigenvalue weighted by atomic mass is 10.2. The second-order valence-electron chi connectivity index (χ2n) is 6.29. The predicted octanol–water partition coefficient (Wildman–Crippen LogP) is 1.82. The van der Waals surface area contributed by atoms with Gasteiger partial charge in [0.05, 0.1) is 25.4 Å². The Balaban J connectivity index is 1.47. The molecule has 26 heavy (non-hydrogen) atoms. The van der Waals surface area contributed by atoms with Gasteiger partial charge in [-0.2, -0.15) is 0 Å². The molecule has 3 rings (SSSR count). The highest BCUT2D eigenvalue weighted by Crippen LogP contribution is 2.17. The fourth-order valence-corrected chi connectivity index (χ4v) is 3.09. The van der Waals surface area contributed by atoms with Crippen LogP contribution in [0.3, 0.4) is 0 Å². The van der Waals surface area contributed by atoms with Crippen LogP contribution in [-0.2, 0) is 22.7 Å². The van der Waals surface area contributed by atoms with E-state index in [1.807, 2.05) is 4.90 Å². The summed E-state index contributed by atoms with van der Waals surface area (Å²) in [4.78, 5) is 26.4. The summed E-state index contributed by atoms with van der Waals surface area (Å²) in [6.45, 7) is 1.27. The molecule has 1 aromatic heterocycles. The molecule has 1 unspecified atom stereocenters. The van der Waals surface area contributed by atoms with Crippen molar-refractivity contribution in [2.75, 3.05) is 13.1 Å². The minimum Gasteiger partial charge on any atom is -0.467 e. The van der Waals surface area contributed by atoms with Crippen molar-refractivity contribution in [3.05, 3.63) is 59.8 Å². The number of halogens is 1. The third kappa shape index (κ3) is 4.70. The molecule has 138 valence electrons. The topological polar surface area (TPSA) is 74.6 Å². The summed E-state index contributed by atoms with van der Waals surface area (Å²) in [6, 6.07) is 9.56. The van der Waals surface area contributed by atoms with E-state index in [0.29, 0.717) is 30.8 Å². The largest absolute Gasteiger partial charge is 0.467 e. The maximum atomic E-state index is 13.6. The zero-order valence-electron chi connectivity index (χ0n) is 14.4. The normalized spacial score (nSPS) is 17.2. The van der Waals surface area contributed by atoms with Crippen LogP contribution in [-0.4, -0.2) is 35.8 Å². The smallest absolute Gasteiger partial charge is 0.237 e. The Morgan fingerprint density at radius 3 is 2.77 bits per heavy atom. The monoisotopic (exact) mass is 359 g/mol. The second-order valence-corrected chi connectivity index (χ2v) is 6.29. The van der Waals surface area contributed by atoms with E-state index < -0.39 is 0 Å². The van der Waals surface area contributed by atoms with E-state index >= 15 is 0 Å². The first-order chi connectivity index (χ1) is 12.6. The van der Waals surface area contributed by atoms with Gasteiger partial charge in [0.25, 0.3) is 0 Å². The van der Waals surface area contributed by atoms with Crippen LogP contribution in [0.4, 0.5) is 4.39 Å². The van der Waals surface area contributed by atoms with Gasteiger partial charge in [0.15, 0.2) is 0 Å². The molecule has 1 aliphatic heterocycles. The molecule has 2 heterocycles. The SMILES string of the molecule is O=C(CN1CCCC1C(=O)NCc1ccco1)NCc1ccccc1F. The Morgan fingerprint density at radius 1 is 1.15 bits per heavy atom. The summed E-state index contributed by atoms with van der Waals surface area (Å²) in [5, 5.41) is 5.55. The molecule has 1 atom stereocenters. The van der Waals surface area contributed by atoms with Gasteiger partial charge in [0, 0.05) is 12.1 Å². The molecule has 0 aliphatic carbocycles. The Bertz CT molecular complexity index is 748. The van der Waals surface area contributed by atoms with Gasteiger partial charge in [-0.3, -0.25) is 14.5 Å². The number of carbonyl (C=O) groups is 2. The number of carbonyl (C=O) groups excluding carboxylic acids is 2. The number of benzene rings is 1. The Hall–Kier alpha value is -2.67. The number of nitrogens with zero attached hydrogens (tertiary/aromatic N) is 1. The van der Waals surface area contributed by atoms with Gasteiger partial charge in [-0.15, -0.1) is 0 Å². The fraction of sp³-hybridized carbons (Fsp3) is 0.368. The third-order valence-corrected chi connectivity index (χ3v) is 4.46. The Morgan fingerprint density at radius 2 is 2.00 bits per heavy atom. The number of hydrogen-bond acceptors (Lipinski definition) is 4. The number of nitrogens with one attached hydrogen (secondary N) is 2. The summed E-state index contributed by atoms with van der Waals surface area (Å²) >= 11 is 0. The van der Waals surface area contributed by atoms with Gasteiger partial charge in [-0.25, -0.2) is 4.39 Å². The predicted molar refractivity (Wildman–Crippen MR) is 93.4 cm³/mol. The molecule has 1 aliphatic rings. The average Bonchev–Trinajstić information content (AvgIpc) is 3.31. The lowest BCUT2D eigenvalue weighted by molar-refractivity contribution is -0.127. The maximum Gasteiger partial charge on any atom is 0.237 e. The maximum absolute atomic E-state index is 13.6. The van der Waals surface area contributed by atoms with E-state index in [1.54, 1.807) is 36.6 Å². The van der Waals surface area contributed by atoms with Crippen molar-refractivity contribution in [1.29, 1.82) is 0 Å². The number of hydrogen-bond donors (Lipinski definition) is 2. The van der Waals surface area contributed by atoms with E-state index in [4.69, 9.17) is 4.42 Å². The summed E-state index contributed by atoms with van der Waals surface area (Å²) in [5.74, 6) is 0.00877. The number of furan rings is 1. The van der Waals surface area contributed by atoms with E-state index in [1.165, 1.54) is 6.07 Å². The van der Waals surface area contributed by atoms with Crippen molar-refractivity contribution in [2.24, 2.45) is 0 Å². The summed E-state index contributed by atoms with van der Waals surface area (Å²) < 4.78 is 18.8. The Kier molecular flexibility index (Phi) is 6.01. The first-order valence-electron chi connectivity index (χ1n) is 8.68. The molecule has 1 aromatic carbocycles. The molecule has 0 saturated carbocycles. The van der Waals surface area contributed by atoms with Crippen LogP contribution in [0.25, 0.3) is 0 Å². The van der Waals surface area contributed by atoms with Crippen LogP contribution in [0, 0.1) is 5.82 Å². The molecule has 0 bridgehead atoms. The van der Waals surface area contributed by atoms with Crippen molar-refractivity contribution < 1.29 is 18.4 Å². The summed E-state index contributed by atoms with van der Waals surface area (Å²) in [5.41, 5.74) is 0.440. The standard InChI is InChI=1S/C19H22FN3O3/c20-16-7-2-1-5-14(16)11-21-18(24)13-23-9-3-8-17(23)19(25)22-12-15-6-4-10-26-15/h1-2,4-7,10,17H,3,8-9,11-13H2,(H,21,24)(H,22,25). The Labute approximate surface area is 151 Å². The van der Waals surface area contributed by atoms with Crippen LogP contribution in [0.15, 0.2) is 47.1 Å². The average molecular weight is 359 g/mol. The zero-order chi connectivity index (χ0) is 18.4. The van der Waals surface area contributed by atoms with Crippen LogP contribution in [0.1, 0.15) is 24.2 Å². The second kappa shape index (κ2) is 8.62. The number of likely N-dealkylation sites (tertiary alicyclic amines) is 1. The third-order valence-electron chi connectivity index (χ3n) is 4.46. The molecule has 1 fully saturated rings. The van der Waals surface area contributed by atoms with Gasteiger partial charge in [-0.05, 0) is 37.6 Å². The van der Waals surface area contributed by atoms with Gasteiger partial charge in [0.2, 0.25) is 11.8 Å². The van der Waals surface area contributed by atoms with Gasteiger partial charge in [-0.1, -0.05) is 18.2 Å². The molecule has 7 heteroatoms. The molecule has 0 radical (unpaired) electrons. The lowest BCUT2D eigenvalue weighted by Crippen LogP contribution is -2.46. The van der Waals surface area contributed by atoms with E-state index in [0.717, 1.165) is 6.42 Å². The molecule has 1 saturated heterocycles. The quantitative estimate of drug-likeness (QED) is 0.791. The van der Waals surface area contributed by atoms with Gasteiger partial charge in [0.1, 0.15) is 11.6 Å². The first kappa shape index (κ1) is 18.1. The highest BCUT2D eigenvalue weighted by atomic mass is 19.1. The molecule has 2 N–H and O–H groups in total. The van der Waals surface area contributed by atoms with Crippen molar-refractivity contribution in [2.45, 2.75) is 32.0 Å². The minimum atomic E-state index is -0.343. The van der Waals surface area contributed by atoms with E-state index in [2.05, 4.69) is 10.6 Å². The molecule has 6 nitrogen and oxygen atoms in total. The minimum absolute atomic E-state index is 0.110. The molecule has 2 amide bonds. The molecular weight excluding hydrogens is 337 g/mol. The van der Waals surface area contributed by atoms with Crippen LogP contribution < -0.4 is 10.6 Å². The van der Waals surface area contributed by atoms with Crippen molar-refractivity contribution in [1.82, 2.24) is 15.5 Å². The zero-order valence-corrected chi connectivity index (χ0v) is 14.4. The molecule has 2 aromatic rings. The van der Waals surface area contributed by atoms with Crippen molar-refractivity contribution >= 4 is 11.8 Å². The number of rotatable bonds is 7. The van der Waals surface area contributed by atoms with E-state index in [9.17, 15) is 14.0 Å². The van der Waals surface area contributed by atoms with Crippen molar-refractivity contribution in [3.63, 3.8) is 0 Å². The van der Waals surface area contributed by atoms with Crippen LogP contribution >= 0.6 is 0 Å². The van der Waals surface area contributed by atoms with Crippen LogP contribution in [0.2, 0.25) is 0 Å². The van der Waals surface area contributed by atoms with Crippen molar-refractivity contribution in [3.8, 4) is 0 Å². The fourth-order valence-electron chi connectivity index (χ4n) is 3.09. The summed E-state index contributed by atoms with van der Waals surface area (Å²) in [6.07, 6.45) is 3.13. The highest BCUT2D eigenvalue weighted by Gasteiger charge is 2.31. The highest BCUT2D eigenvalue weighted by molar-refractivity contribution is 5.84. The van der Waals surface area contributed by atoms with E-state index in [-0.39, 0.29) is 36.8 Å². The first-order valence-corrected chi connectivity index (χ1v) is 8.68. The summed E-state index contributed by atoms with van der Waals surface area (Å²) in [7, 11) is 0. The van der Waals surface area contributed by atoms with Gasteiger partial charge < -0.3 is 15.1 Å².